The highest BCUT2D eigenvalue weighted by molar-refractivity contribution is 5.66. The highest BCUT2D eigenvalue weighted by Crippen LogP contribution is 2.63. The van der Waals surface area contributed by atoms with Crippen LogP contribution in [0.25, 0.3) is 0 Å². The van der Waals surface area contributed by atoms with Crippen molar-refractivity contribution in [2.24, 2.45) is 17.8 Å². The SMILES string of the molecule is CC(=O)OCC1(C)O[C@@H]2O[C@]3(C)CC[C@H]4[C@H](C)CC[C@@H]1[C@@]24OO3. The lowest BCUT2D eigenvalue weighted by Crippen LogP contribution is -2.62. The minimum atomic E-state index is -0.760. The molecule has 5 fully saturated rings. The first kappa shape index (κ1) is 15.8. The summed E-state index contributed by atoms with van der Waals surface area (Å²) in [5, 5.41) is 0. The van der Waals surface area contributed by atoms with Gasteiger partial charge in [-0.1, -0.05) is 6.92 Å². The number of fused-ring (bicyclic) bond motifs is 2. The fourth-order valence-corrected chi connectivity index (χ4v) is 5.19. The van der Waals surface area contributed by atoms with Crippen molar-refractivity contribution >= 4 is 5.97 Å². The van der Waals surface area contributed by atoms with Crippen molar-refractivity contribution in [1.29, 1.82) is 0 Å². The van der Waals surface area contributed by atoms with Crippen molar-refractivity contribution in [2.45, 2.75) is 76.7 Å². The summed E-state index contributed by atoms with van der Waals surface area (Å²) in [6.45, 7) is 7.82. The van der Waals surface area contributed by atoms with E-state index in [1.54, 1.807) is 0 Å². The smallest absolute Gasteiger partial charge is 0.302 e. The summed E-state index contributed by atoms with van der Waals surface area (Å²) in [6, 6.07) is 0. The van der Waals surface area contributed by atoms with Crippen molar-refractivity contribution in [3.8, 4) is 0 Å². The number of ether oxygens (including phenoxy) is 3. The van der Waals surface area contributed by atoms with Gasteiger partial charge in [0.25, 0.3) is 0 Å². The summed E-state index contributed by atoms with van der Waals surface area (Å²) in [7, 11) is 0. The molecule has 0 aromatic rings. The number of esters is 1. The average Bonchev–Trinajstić information content (AvgIpc) is 2.58. The molecule has 6 nitrogen and oxygen atoms in total. The Morgan fingerprint density at radius 1 is 1.17 bits per heavy atom. The second-order valence-electron chi connectivity index (χ2n) is 8.07. The van der Waals surface area contributed by atoms with Crippen LogP contribution in [0.15, 0.2) is 0 Å². The zero-order valence-electron chi connectivity index (χ0n) is 14.3. The van der Waals surface area contributed by atoms with E-state index in [1.807, 2.05) is 13.8 Å². The Bertz CT molecular complexity index is 523. The summed E-state index contributed by atoms with van der Waals surface area (Å²) < 4.78 is 17.8. The van der Waals surface area contributed by atoms with E-state index in [4.69, 9.17) is 24.0 Å². The van der Waals surface area contributed by atoms with Gasteiger partial charge in [-0.25, -0.2) is 9.78 Å². The van der Waals surface area contributed by atoms with Gasteiger partial charge in [-0.2, -0.15) is 0 Å². The molecule has 4 saturated heterocycles. The Hall–Kier alpha value is -0.690. The van der Waals surface area contributed by atoms with Crippen LogP contribution >= 0.6 is 0 Å². The maximum absolute atomic E-state index is 11.3. The Morgan fingerprint density at radius 2 is 1.96 bits per heavy atom. The van der Waals surface area contributed by atoms with Crippen LogP contribution in [0.5, 0.6) is 0 Å². The molecular formula is C17H26O6. The van der Waals surface area contributed by atoms with Crippen molar-refractivity contribution < 1.29 is 28.8 Å². The summed E-state index contributed by atoms with van der Waals surface area (Å²) in [5.41, 5.74) is -1.21. The molecule has 2 bridgehead atoms. The first-order chi connectivity index (χ1) is 10.8. The standard InChI is InChI=1S/C17H26O6/c1-10-5-6-13-15(3,9-19-11(2)18)20-14-17(13)12(10)7-8-16(4,21-14)22-23-17/h10,12-14H,5-9H2,1-4H3/t10-,12+,13+,14-,15?,16+,17-/m1/s1. The first-order valence-corrected chi connectivity index (χ1v) is 8.65. The van der Waals surface area contributed by atoms with Crippen LogP contribution in [0.3, 0.4) is 0 Å². The minimum Gasteiger partial charge on any atom is -0.463 e. The molecule has 1 unspecified atom stereocenters. The van der Waals surface area contributed by atoms with Crippen LogP contribution in [0.2, 0.25) is 0 Å². The lowest BCUT2D eigenvalue weighted by molar-refractivity contribution is -0.541. The molecule has 0 N–H and O–H groups in total. The fraction of sp³-hybridized carbons (Fsp3) is 0.941. The molecule has 0 radical (unpaired) electrons. The molecule has 1 aliphatic carbocycles. The highest BCUT2D eigenvalue weighted by atomic mass is 17.3. The number of hydrogen-bond donors (Lipinski definition) is 0. The van der Waals surface area contributed by atoms with E-state index in [2.05, 4.69) is 6.92 Å². The van der Waals surface area contributed by atoms with Gasteiger partial charge in [-0.3, -0.25) is 4.79 Å². The van der Waals surface area contributed by atoms with E-state index in [0.29, 0.717) is 11.8 Å². The third-order valence-electron chi connectivity index (χ3n) is 6.39. The van der Waals surface area contributed by atoms with E-state index >= 15 is 0 Å². The van der Waals surface area contributed by atoms with Crippen LogP contribution < -0.4 is 0 Å². The summed E-state index contributed by atoms with van der Waals surface area (Å²) in [6.07, 6.45) is 3.40. The van der Waals surface area contributed by atoms with E-state index in [-0.39, 0.29) is 18.5 Å². The molecule has 0 aromatic heterocycles. The van der Waals surface area contributed by atoms with Gasteiger partial charge in [0.15, 0.2) is 11.9 Å². The predicted octanol–water partition coefficient (Wildman–Crippen LogP) is 2.55. The summed E-state index contributed by atoms with van der Waals surface area (Å²) in [4.78, 5) is 23.0. The molecule has 0 aromatic carbocycles. The molecule has 4 heterocycles. The zero-order chi connectivity index (χ0) is 16.5. The van der Waals surface area contributed by atoms with Gasteiger partial charge in [0, 0.05) is 19.3 Å². The molecule has 1 saturated carbocycles. The van der Waals surface area contributed by atoms with Crippen molar-refractivity contribution in [3.63, 3.8) is 0 Å². The Kier molecular flexibility index (Phi) is 3.38. The average molecular weight is 326 g/mol. The molecule has 23 heavy (non-hydrogen) atoms. The monoisotopic (exact) mass is 326 g/mol. The topological polar surface area (TPSA) is 63.2 Å². The second kappa shape index (κ2) is 4.91. The largest absolute Gasteiger partial charge is 0.463 e. The van der Waals surface area contributed by atoms with Crippen molar-refractivity contribution in [2.75, 3.05) is 6.61 Å². The third-order valence-corrected chi connectivity index (χ3v) is 6.39. The van der Waals surface area contributed by atoms with Crippen molar-refractivity contribution in [1.82, 2.24) is 0 Å². The van der Waals surface area contributed by atoms with Gasteiger partial charge in [0.05, 0.1) is 0 Å². The fourth-order valence-electron chi connectivity index (χ4n) is 5.19. The Balaban J connectivity index is 1.73. The van der Waals surface area contributed by atoms with Gasteiger partial charge >= 0.3 is 5.97 Å². The number of carbonyl (C=O) groups is 1. The van der Waals surface area contributed by atoms with Crippen molar-refractivity contribution in [3.05, 3.63) is 0 Å². The number of rotatable bonds is 2. The highest BCUT2D eigenvalue weighted by Gasteiger charge is 2.74. The lowest BCUT2D eigenvalue weighted by Gasteiger charge is -2.50. The quantitative estimate of drug-likeness (QED) is 0.574. The number of hydrogen-bond acceptors (Lipinski definition) is 6. The van der Waals surface area contributed by atoms with Crippen LogP contribution in [0.4, 0.5) is 0 Å². The number of carbonyl (C=O) groups excluding carboxylic acids is 1. The van der Waals surface area contributed by atoms with Gasteiger partial charge < -0.3 is 14.2 Å². The van der Waals surface area contributed by atoms with Gasteiger partial charge in [0.2, 0.25) is 5.79 Å². The second-order valence-corrected chi connectivity index (χ2v) is 8.07. The maximum atomic E-state index is 11.3. The van der Waals surface area contributed by atoms with Crippen LogP contribution in [0, 0.1) is 17.8 Å². The Morgan fingerprint density at radius 3 is 2.70 bits per heavy atom. The zero-order valence-corrected chi connectivity index (χ0v) is 14.3. The Labute approximate surface area is 136 Å². The molecule has 0 amide bonds. The molecule has 5 rings (SSSR count). The third kappa shape index (κ3) is 2.11. The normalized spacial score (nSPS) is 54.4. The summed E-state index contributed by atoms with van der Waals surface area (Å²) >= 11 is 0. The molecule has 7 atom stereocenters. The minimum absolute atomic E-state index is 0.0863. The molecular weight excluding hydrogens is 300 g/mol. The maximum Gasteiger partial charge on any atom is 0.302 e. The molecule has 4 aliphatic heterocycles. The molecule has 5 aliphatic rings. The predicted molar refractivity (Wildman–Crippen MR) is 78.9 cm³/mol. The lowest BCUT2D eigenvalue weighted by atomic mass is 9.60. The van der Waals surface area contributed by atoms with Crippen LogP contribution in [-0.2, 0) is 28.8 Å². The van der Waals surface area contributed by atoms with E-state index in [0.717, 1.165) is 25.7 Å². The van der Waals surface area contributed by atoms with Gasteiger partial charge in [0.1, 0.15) is 12.2 Å². The molecule has 1 spiro atoms. The van der Waals surface area contributed by atoms with Gasteiger partial charge in [-0.15, -0.1) is 0 Å². The van der Waals surface area contributed by atoms with E-state index < -0.39 is 23.3 Å². The molecule has 130 valence electrons. The van der Waals surface area contributed by atoms with Gasteiger partial charge in [-0.05, 0) is 44.9 Å². The van der Waals surface area contributed by atoms with E-state index in [9.17, 15) is 4.79 Å². The first-order valence-electron chi connectivity index (χ1n) is 8.65. The van der Waals surface area contributed by atoms with E-state index in [1.165, 1.54) is 6.92 Å². The van der Waals surface area contributed by atoms with Crippen LogP contribution in [-0.4, -0.2) is 35.9 Å². The summed E-state index contributed by atoms with van der Waals surface area (Å²) in [5.74, 6) is -0.113. The van der Waals surface area contributed by atoms with Crippen LogP contribution in [0.1, 0.15) is 53.4 Å². The molecule has 6 heteroatoms.